The van der Waals surface area contributed by atoms with E-state index in [1.54, 1.807) is 19.1 Å². The van der Waals surface area contributed by atoms with Gasteiger partial charge in [0.05, 0.1) is 5.02 Å². The molecule has 2 aromatic rings. The Bertz CT molecular complexity index is 738. The number of nitrogens with one attached hydrogen (secondary N) is 1. The van der Waals surface area contributed by atoms with Crippen molar-refractivity contribution in [3.8, 4) is 5.75 Å². The molecule has 118 valence electrons. The van der Waals surface area contributed by atoms with Crippen LogP contribution in [0.15, 0.2) is 53.4 Å². The molecule has 0 spiro atoms. The Morgan fingerprint density at radius 3 is 2.59 bits per heavy atom. The summed E-state index contributed by atoms with van der Waals surface area (Å²) in [6.07, 6.45) is -0.399. The number of hydrogen-bond donors (Lipinski definition) is 1. The zero-order valence-electron chi connectivity index (χ0n) is 11.8. The van der Waals surface area contributed by atoms with Gasteiger partial charge in [0.15, 0.2) is 0 Å². The molecular formula is C15H15ClFNO3S. The fourth-order valence-electron chi connectivity index (χ4n) is 1.76. The maximum Gasteiger partial charge on any atom is 0.242 e. The van der Waals surface area contributed by atoms with Gasteiger partial charge in [0.2, 0.25) is 10.0 Å². The standard InChI is InChI=1S/C15H15ClFNO3S/c1-11(21-13-5-3-2-4-6-13)10-18-22(19,20)15-9-12(17)7-8-14(15)16/h2-9,11,18H,10H2,1H3. The van der Waals surface area contributed by atoms with Crippen LogP contribution in [0.5, 0.6) is 5.75 Å². The van der Waals surface area contributed by atoms with Gasteiger partial charge >= 0.3 is 0 Å². The van der Waals surface area contributed by atoms with Crippen molar-refractivity contribution in [3.05, 3.63) is 59.4 Å². The van der Waals surface area contributed by atoms with Gasteiger partial charge in [-0.3, -0.25) is 0 Å². The van der Waals surface area contributed by atoms with Gasteiger partial charge in [-0.05, 0) is 37.3 Å². The lowest BCUT2D eigenvalue weighted by atomic mass is 10.3. The molecule has 0 heterocycles. The van der Waals surface area contributed by atoms with Crippen LogP contribution in [0.1, 0.15) is 6.92 Å². The average Bonchev–Trinajstić information content (AvgIpc) is 2.49. The van der Waals surface area contributed by atoms with E-state index in [9.17, 15) is 12.8 Å². The summed E-state index contributed by atoms with van der Waals surface area (Å²) in [4.78, 5) is -0.291. The second kappa shape index (κ2) is 7.09. The third-order valence-corrected chi connectivity index (χ3v) is 4.73. The highest BCUT2D eigenvalue weighted by Gasteiger charge is 2.19. The van der Waals surface area contributed by atoms with Gasteiger partial charge in [-0.1, -0.05) is 29.8 Å². The first-order valence-corrected chi connectivity index (χ1v) is 8.41. The quantitative estimate of drug-likeness (QED) is 0.876. The van der Waals surface area contributed by atoms with Crippen LogP contribution in [0.4, 0.5) is 4.39 Å². The van der Waals surface area contributed by atoms with Gasteiger partial charge in [-0.25, -0.2) is 17.5 Å². The molecule has 0 radical (unpaired) electrons. The van der Waals surface area contributed by atoms with Crippen LogP contribution in [-0.2, 0) is 10.0 Å². The van der Waals surface area contributed by atoms with Gasteiger partial charge in [0, 0.05) is 6.54 Å². The summed E-state index contributed by atoms with van der Waals surface area (Å²) in [5.41, 5.74) is 0. The van der Waals surface area contributed by atoms with E-state index in [1.807, 2.05) is 18.2 Å². The molecule has 0 saturated heterocycles. The summed E-state index contributed by atoms with van der Waals surface area (Å²) in [6, 6.07) is 12.2. The van der Waals surface area contributed by atoms with Crippen molar-refractivity contribution in [3.63, 3.8) is 0 Å². The van der Waals surface area contributed by atoms with E-state index >= 15 is 0 Å². The minimum Gasteiger partial charge on any atom is -0.489 e. The number of benzene rings is 2. The summed E-state index contributed by atoms with van der Waals surface area (Å²) in [6.45, 7) is 1.76. The highest BCUT2D eigenvalue weighted by molar-refractivity contribution is 7.89. The van der Waals surface area contributed by atoms with Crippen molar-refractivity contribution in [1.29, 1.82) is 0 Å². The fraction of sp³-hybridized carbons (Fsp3) is 0.200. The maximum absolute atomic E-state index is 13.2. The van der Waals surface area contributed by atoms with E-state index < -0.39 is 21.9 Å². The van der Waals surface area contributed by atoms with Crippen molar-refractivity contribution in [2.45, 2.75) is 17.9 Å². The Labute approximate surface area is 133 Å². The predicted molar refractivity (Wildman–Crippen MR) is 83.1 cm³/mol. The molecule has 22 heavy (non-hydrogen) atoms. The first-order chi connectivity index (χ1) is 10.4. The number of sulfonamides is 1. The minimum atomic E-state index is -3.90. The lowest BCUT2D eigenvalue weighted by Crippen LogP contribution is -2.33. The van der Waals surface area contributed by atoms with Crippen molar-refractivity contribution >= 4 is 21.6 Å². The van der Waals surface area contributed by atoms with Gasteiger partial charge in [0.25, 0.3) is 0 Å². The Morgan fingerprint density at radius 1 is 1.23 bits per heavy atom. The second-order valence-electron chi connectivity index (χ2n) is 4.67. The zero-order chi connectivity index (χ0) is 16.2. The molecule has 1 N–H and O–H groups in total. The van der Waals surface area contributed by atoms with E-state index in [0.29, 0.717) is 5.75 Å². The number of para-hydroxylation sites is 1. The topological polar surface area (TPSA) is 55.4 Å². The van der Waals surface area contributed by atoms with Crippen LogP contribution >= 0.6 is 11.6 Å². The number of hydrogen-bond acceptors (Lipinski definition) is 3. The average molecular weight is 344 g/mol. The largest absolute Gasteiger partial charge is 0.489 e. The molecule has 4 nitrogen and oxygen atoms in total. The second-order valence-corrected chi connectivity index (χ2v) is 6.81. The van der Waals surface area contributed by atoms with Crippen molar-refractivity contribution in [2.24, 2.45) is 0 Å². The molecule has 1 unspecified atom stereocenters. The van der Waals surface area contributed by atoms with E-state index in [-0.39, 0.29) is 16.5 Å². The summed E-state index contributed by atoms with van der Waals surface area (Å²) >= 11 is 5.81. The molecular weight excluding hydrogens is 329 g/mol. The molecule has 0 amide bonds. The summed E-state index contributed by atoms with van der Waals surface area (Å²) in [7, 11) is -3.90. The fourth-order valence-corrected chi connectivity index (χ4v) is 3.39. The van der Waals surface area contributed by atoms with Crippen LogP contribution in [0.3, 0.4) is 0 Å². The van der Waals surface area contributed by atoms with Crippen molar-refractivity contribution < 1.29 is 17.5 Å². The maximum atomic E-state index is 13.2. The Balaban J connectivity index is 2.02. The SMILES string of the molecule is CC(CNS(=O)(=O)c1cc(F)ccc1Cl)Oc1ccccc1. The number of rotatable bonds is 6. The summed E-state index contributed by atoms with van der Waals surface area (Å²) in [5, 5.41) is -0.0365. The van der Waals surface area contributed by atoms with Crippen LogP contribution in [0.25, 0.3) is 0 Å². The Morgan fingerprint density at radius 2 is 1.91 bits per heavy atom. The highest BCUT2D eigenvalue weighted by Crippen LogP contribution is 2.22. The molecule has 7 heteroatoms. The first kappa shape index (κ1) is 16.7. The van der Waals surface area contributed by atoms with Crippen LogP contribution in [0, 0.1) is 5.82 Å². The molecule has 0 aliphatic carbocycles. The minimum absolute atomic E-state index is 0.0318. The van der Waals surface area contributed by atoms with Crippen LogP contribution < -0.4 is 9.46 Å². The van der Waals surface area contributed by atoms with E-state index in [0.717, 1.165) is 12.1 Å². The number of ether oxygens (including phenoxy) is 1. The van der Waals surface area contributed by atoms with E-state index in [4.69, 9.17) is 16.3 Å². The Hall–Kier alpha value is -1.63. The van der Waals surface area contributed by atoms with Gasteiger partial charge in [-0.2, -0.15) is 0 Å². The third kappa shape index (κ3) is 4.43. The smallest absolute Gasteiger partial charge is 0.242 e. The predicted octanol–water partition coefficient (Wildman–Crippen LogP) is 3.22. The molecule has 0 aliphatic heterocycles. The van der Waals surface area contributed by atoms with Gasteiger partial charge in [-0.15, -0.1) is 0 Å². The van der Waals surface area contributed by atoms with Crippen LogP contribution in [-0.4, -0.2) is 21.1 Å². The molecule has 0 aromatic heterocycles. The lowest BCUT2D eigenvalue weighted by Gasteiger charge is -2.16. The molecule has 2 rings (SSSR count). The van der Waals surface area contributed by atoms with Gasteiger partial charge < -0.3 is 4.74 Å². The van der Waals surface area contributed by atoms with E-state index in [1.165, 1.54) is 6.07 Å². The van der Waals surface area contributed by atoms with Crippen molar-refractivity contribution in [2.75, 3.05) is 6.54 Å². The summed E-state index contributed by atoms with van der Waals surface area (Å²) in [5.74, 6) is -0.0312. The molecule has 0 fully saturated rings. The normalized spacial score (nSPS) is 12.9. The monoisotopic (exact) mass is 343 g/mol. The third-order valence-electron chi connectivity index (χ3n) is 2.82. The lowest BCUT2D eigenvalue weighted by molar-refractivity contribution is 0.225. The molecule has 2 aromatic carbocycles. The molecule has 1 atom stereocenters. The highest BCUT2D eigenvalue weighted by atomic mass is 35.5. The van der Waals surface area contributed by atoms with E-state index in [2.05, 4.69) is 4.72 Å². The molecule has 0 bridgehead atoms. The zero-order valence-corrected chi connectivity index (χ0v) is 13.4. The van der Waals surface area contributed by atoms with Crippen molar-refractivity contribution in [1.82, 2.24) is 4.72 Å². The molecule has 0 aliphatic rings. The summed E-state index contributed by atoms with van der Waals surface area (Å²) < 4.78 is 45.4. The Kier molecular flexibility index (Phi) is 5.39. The molecule has 0 saturated carbocycles. The first-order valence-electron chi connectivity index (χ1n) is 6.55. The van der Waals surface area contributed by atoms with Crippen LogP contribution in [0.2, 0.25) is 5.02 Å². The number of halogens is 2. The van der Waals surface area contributed by atoms with Gasteiger partial charge in [0.1, 0.15) is 22.6 Å².